The number of benzene rings is 2. The largest absolute Gasteiger partial charge is 0.478 e. The number of anilines is 2. The maximum absolute atomic E-state index is 12.2. The lowest BCUT2D eigenvalue weighted by atomic mass is 10.1. The van der Waals surface area contributed by atoms with Crippen molar-refractivity contribution in [2.45, 2.75) is 10.7 Å². The van der Waals surface area contributed by atoms with Crippen LogP contribution in [0.25, 0.3) is 0 Å². The van der Waals surface area contributed by atoms with Crippen LogP contribution in [0.15, 0.2) is 53.4 Å². The molecule has 0 aromatic heterocycles. The zero-order valence-electron chi connectivity index (χ0n) is 10.2. The molecule has 0 fully saturated rings. The van der Waals surface area contributed by atoms with Crippen LogP contribution in [0.3, 0.4) is 0 Å². The molecule has 104 valence electrons. The number of alkyl halides is 2. The van der Waals surface area contributed by atoms with E-state index in [9.17, 15) is 13.6 Å². The van der Waals surface area contributed by atoms with E-state index in [1.165, 1.54) is 6.07 Å². The molecule has 20 heavy (non-hydrogen) atoms. The van der Waals surface area contributed by atoms with Crippen LogP contribution in [0.4, 0.5) is 20.2 Å². The monoisotopic (exact) mass is 295 g/mol. The maximum Gasteiger partial charge on any atom is 0.337 e. The van der Waals surface area contributed by atoms with E-state index in [2.05, 4.69) is 5.32 Å². The van der Waals surface area contributed by atoms with Gasteiger partial charge in [0.1, 0.15) is 0 Å². The Morgan fingerprint density at radius 3 is 2.35 bits per heavy atom. The predicted molar refractivity (Wildman–Crippen MR) is 75.0 cm³/mol. The molecule has 0 saturated heterocycles. The van der Waals surface area contributed by atoms with E-state index in [4.69, 9.17) is 5.11 Å². The molecule has 0 aliphatic rings. The van der Waals surface area contributed by atoms with Crippen molar-refractivity contribution >= 4 is 29.1 Å². The minimum absolute atomic E-state index is 0.151. The summed E-state index contributed by atoms with van der Waals surface area (Å²) in [4.78, 5) is 11.5. The highest BCUT2D eigenvalue weighted by Gasteiger charge is 2.09. The average molecular weight is 295 g/mol. The van der Waals surface area contributed by atoms with Gasteiger partial charge in [-0.15, -0.1) is 0 Å². The summed E-state index contributed by atoms with van der Waals surface area (Å²) in [7, 11) is 0. The zero-order chi connectivity index (χ0) is 14.5. The lowest BCUT2D eigenvalue weighted by Crippen LogP contribution is -2.02. The van der Waals surface area contributed by atoms with Crippen molar-refractivity contribution in [1.82, 2.24) is 0 Å². The number of thioether (sulfide) groups is 1. The standard InChI is InChI=1S/C14H11F2NO2S/c15-14(16)20-10-7-5-9(6-8-10)17-12-4-2-1-3-11(12)13(18)19/h1-8,14,17H,(H,18,19). The van der Waals surface area contributed by atoms with Gasteiger partial charge in [0.25, 0.3) is 5.76 Å². The second kappa shape index (κ2) is 6.38. The third-order valence-corrected chi connectivity index (χ3v) is 3.24. The fourth-order valence-corrected chi connectivity index (χ4v) is 2.15. The molecule has 0 unspecified atom stereocenters. The molecule has 0 amide bonds. The van der Waals surface area contributed by atoms with Crippen LogP contribution in [-0.2, 0) is 0 Å². The van der Waals surface area contributed by atoms with Crippen molar-refractivity contribution in [2.24, 2.45) is 0 Å². The molecule has 0 aliphatic heterocycles. The summed E-state index contributed by atoms with van der Waals surface area (Å²) in [6, 6.07) is 12.9. The van der Waals surface area contributed by atoms with Crippen LogP contribution < -0.4 is 5.32 Å². The number of nitrogens with one attached hydrogen (secondary N) is 1. The molecule has 0 bridgehead atoms. The summed E-state index contributed by atoms with van der Waals surface area (Å²) < 4.78 is 24.4. The minimum Gasteiger partial charge on any atom is -0.478 e. The summed E-state index contributed by atoms with van der Waals surface area (Å²) in [6.07, 6.45) is 0. The van der Waals surface area contributed by atoms with Crippen molar-refractivity contribution in [1.29, 1.82) is 0 Å². The van der Waals surface area contributed by atoms with E-state index in [1.54, 1.807) is 42.5 Å². The summed E-state index contributed by atoms with van der Waals surface area (Å²) >= 11 is 0.466. The second-order valence-electron chi connectivity index (χ2n) is 3.88. The zero-order valence-corrected chi connectivity index (χ0v) is 11.0. The molecule has 2 aromatic carbocycles. The average Bonchev–Trinajstić information content (AvgIpc) is 2.41. The minimum atomic E-state index is -2.46. The van der Waals surface area contributed by atoms with Crippen LogP contribution in [-0.4, -0.2) is 16.8 Å². The number of carbonyl (C=O) groups is 1. The van der Waals surface area contributed by atoms with Crippen molar-refractivity contribution in [2.75, 3.05) is 5.32 Å². The van der Waals surface area contributed by atoms with Gasteiger partial charge in [-0.05, 0) is 36.4 Å². The molecule has 0 heterocycles. The molecule has 3 nitrogen and oxygen atoms in total. The fraction of sp³-hybridized carbons (Fsp3) is 0.0714. The van der Waals surface area contributed by atoms with E-state index in [1.807, 2.05) is 0 Å². The Kier molecular flexibility index (Phi) is 4.57. The van der Waals surface area contributed by atoms with Gasteiger partial charge in [0.15, 0.2) is 0 Å². The number of carboxylic acid groups (broad SMARTS) is 1. The Hall–Kier alpha value is -2.08. The molecular formula is C14H11F2NO2S. The van der Waals surface area contributed by atoms with Crippen LogP contribution in [0.5, 0.6) is 0 Å². The first-order valence-corrected chi connectivity index (χ1v) is 6.58. The number of hydrogen-bond donors (Lipinski definition) is 2. The van der Waals surface area contributed by atoms with E-state index in [0.29, 0.717) is 28.0 Å². The van der Waals surface area contributed by atoms with Gasteiger partial charge in [-0.25, -0.2) is 4.79 Å². The van der Waals surface area contributed by atoms with Crippen LogP contribution in [0, 0.1) is 0 Å². The van der Waals surface area contributed by atoms with Crippen LogP contribution in [0.1, 0.15) is 10.4 Å². The molecule has 0 radical (unpaired) electrons. The van der Waals surface area contributed by atoms with E-state index in [0.717, 1.165) is 0 Å². The van der Waals surface area contributed by atoms with E-state index >= 15 is 0 Å². The first-order chi connectivity index (χ1) is 9.56. The van der Waals surface area contributed by atoms with Crippen LogP contribution in [0.2, 0.25) is 0 Å². The highest BCUT2D eigenvalue weighted by atomic mass is 32.2. The molecule has 2 aromatic rings. The van der Waals surface area contributed by atoms with Gasteiger partial charge in [0, 0.05) is 10.6 Å². The molecule has 6 heteroatoms. The quantitative estimate of drug-likeness (QED) is 0.800. The number of carboxylic acids is 1. The summed E-state index contributed by atoms with van der Waals surface area (Å²) in [5.74, 6) is -3.49. The Morgan fingerprint density at radius 2 is 1.75 bits per heavy atom. The van der Waals surface area contributed by atoms with Crippen molar-refractivity contribution in [3.05, 3.63) is 54.1 Å². The SMILES string of the molecule is O=C(O)c1ccccc1Nc1ccc(SC(F)F)cc1. The highest BCUT2D eigenvalue weighted by Crippen LogP contribution is 2.27. The molecule has 0 aliphatic carbocycles. The van der Waals surface area contributed by atoms with Gasteiger partial charge in [-0.1, -0.05) is 23.9 Å². The van der Waals surface area contributed by atoms with Gasteiger partial charge in [0.2, 0.25) is 0 Å². The normalized spacial score (nSPS) is 10.6. The van der Waals surface area contributed by atoms with Gasteiger partial charge in [-0.3, -0.25) is 0 Å². The first-order valence-electron chi connectivity index (χ1n) is 5.70. The molecule has 2 rings (SSSR count). The summed E-state index contributed by atoms with van der Waals surface area (Å²) in [5, 5.41) is 12.0. The molecule has 0 saturated carbocycles. The second-order valence-corrected chi connectivity index (χ2v) is 4.94. The lowest BCUT2D eigenvalue weighted by Gasteiger charge is -2.10. The Balaban J connectivity index is 2.16. The fourth-order valence-electron chi connectivity index (χ4n) is 1.65. The number of para-hydroxylation sites is 1. The van der Waals surface area contributed by atoms with Crippen LogP contribution >= 0.6 is 11.8 Å². The van der Waals surface area contributed by atoms with Gasteiger partial charge in [-0.2, -0.15) is 8.78 Å². The maximum atomic E-state index is 12.2. The first kappa shape index (κ1) is 14.3. The lowest BCUT2D eigenvalue weighted by molar-refractivity contribution is 0.0698. The third-order valence-electron chi connectivity index (χ3n) is 2.52. The Morgan fingerprint density at radius 1 is 1.10 bits per heavy atom. The number of halogens is 2. The van der Waals surface area contributed by atoms with Gasteiger partial charge >= 0.3 is 5.97 Å². The Labute approximate surface area is 118 Å². The molecular weight excluding hydrogens is 284 g/mol. The summed E-state index contributed by atoms with van der Waals surface area (Å²) in [6.45, 7) is 0. The van der Waals surface area contributed by atoms with Gasteiger partial charge < -0.3 is 10.4 Å². The number of rotatable bonds is 5. The highest BCUT2D eigenvalue weighted by molar-refractivity contribution is 7.99. The number of hydrogen-bond acceptors (Lipinski definition) is 3. The molecule has 0 atom stereocenters. The number of aromatic carboxylic acids is 1. The van der Waals surface area contributed by atoms with Crippen molar-refractivity contribution in [3.63, 3.8) is 0 Å². The van der Waals surface area contributed by atoms with Gasteiger partial charge in [0.05, 0.1) is 11.3 Å². The van der Waals surface area contributed by atoms with Crippen molar-refractivity contribution in [3.8, 4) is 0 Å². The third kappa shape index (κ3) is 3.71. The molecule has 2 N–H and O–H groups in total. The smallest absolute Gasteiger partial charge is 0.337 e. The van der Waals surface area contributed by atoms with E-state index < -0.39 is 11.7 Å². The Bertz CT molecular complexity index is 602. The summed E-state index contributed by atoms with van der Waals surface area (Å²) in [5.41, 5.74) is 1.24. The predicted octanol–water partition coefficient (Wildman–Crippen LogP) is 4.44. The topological polar surface area (TPSA) is 49.3 Å². The molecule has 0 spiro atoms. The van der Waals surface area contributed by atoms with E-state index in [-0.39, 0.29) is 5.56 Å². The van der Waals surface area contributed by atoms with Crippen molar-refractivity contribution < 1.29 is 18.7 Å².